The number of nitrogens with one attached hydrogen (secondary N) is 1. The van der Waals surface area contributed by atoms with Crippen LogP contribution in [-0.4, -0.2) is 67.0 Å². The number of carbonyl (C=O) groups excluding carboxylic acids is 2. The number of benzene rings is 1. The van der Waals surface area contributed by atoms with Crippen molar-refractivity contribution in [3.8, 4) is 5.75 Å². The van der Waals surface area contributed by atoms with E-state index in [2.05, 4.69) is 17.1 Å². The molecule has 1 aromatic rings. The molecule has 0 radical (unpaired) electrons. The summed E-state index contributed by atoms with van der Waals surface area (Å²) >= 11 is 5.84. The van der Waals surface area contributed by atoms with Crippen LogP contribution in [0.2, 0.25) is 5.02 Å². The molecule has 1 aliphatic rings. The van der Waals surface area contributed by atoms with E-state index in [0.29, 0.717) is 44.1 Å². The second-order valence-electron chi connectivity index (χ2n) is 6.94. The second kappa shape index (κ2) is 11.1. The molecule has 7 heteroatoms. The largest absolute Gasteiger partial charge is 0.494 e. The van der Waals surface area contributed by atoms with Gasteiger partial charge in [0, 0.05) is 43.7 Å². The number of amides is 2. The van der Waals surface area contributed by atoms with Crippen LogP contribution in [0.1, 0.15) is 33.1 Å². The lowest BCUT2D eigenvalue weighted by Gasteiger charge is -2.34. The fraction of sp³-hybridized carbons (Fsp3) is 0.600. The zero-order valence-corrected chi connectivity index (χ0v) is 17.0. The number of carbonyl (C=O) groups is 2. The highest BCUT2D eigenvalue weighted by molar-refractivity contribution is 6.30. The first-order chi connectivity index (χ1) is 13.0. The molecule has 1 unspecified atom stereocenters. The maximum atomic E-state index is 12.3. The van der Waals surface area contributed by atoms with Gasteiger partial charge >= 0.3 is 0 Å². The van der Waals surface area contributed by atoms with Gasteiger partial charge < -0.3 is 15.0 Å². The van der Waals surface area contributed by atoms with Crippen LogP contribution < -0.4 is 10.1 Å². The first-order valence-electron chi connectivity index (χ1n) is 9.65. The number of piperazine rings is 1. The van der Waals surface area contributed by atoms with Crippen molar-refractivity contribution in [2.45, 2.75) is 39.2 Å². The molecule has 2 rings (SSSR count). The summed E-state index contributed by atoms with van der Waals surface area (Å²) < 4.78 is 5.62. The van der Waals surface area contributed by atoms with Gasteiger partial charge in [-0.05, 0) is 44.0 Å². The maximum absolute atomic E-state index is 12.3. The lowest BCUT2D eigenvalue weighted by Crippen LogP contribution is -2.51. The van der Waals surface area contributed by atoms with E-state index in [1.165, 1.54) is 0 Å². The van der Waals surface area contributed by atoms with E-state index < -0.39 is 0 Å². The summed E-state index contributed by atoms with van der Waals surface area (Å²) in [6.45, 7) is 7.79. The molecule has 1 saturated heterocycles. The SMILES string of the molecule is CCC(C)NC(=O)CN1CCN(C(=O)CCCOc2ccc(Cl)cc2)CC1. The Morgan fingerprint density at radius 2 is 1.85 bits per heavy atom. The third-order valence-corrected chi connectivity index (χ3v) is 4.98. The number of ether oxygens (including phenoxy) is 1. The minimum Gasteiger partial charge on any atom is -0.494 e. The fourth-order valence-corrected chi connectivity index (χ4v) is 3.01. The average molecular weight is 396 g/mol. The molecule has 150 valence electrons. The summed E-state index contributed by atoms with van der Waals surface area (Å²) in [7, 11) is 0. The first kappa shape index (κ1) is 21.5. The summed E-state index contributed by atoms with van der Waals surface area (Å²) in [4.78, 5) is 28.3. The van der Waals surface area contributed by atoms with E-state index in [0.717, 1.165) is 25.3 Å². The van der Waals surface area contributed by atoms with Crippen molar-refractivity contribution in [1.82, 2.24) is 15.1 Å². The summed E-state index contributed by atoms with van der Waals surface area (Å²) in [5.74, 6) is 0.970. The van der Waals surface area contributed by atoms with Crippen molar-refractivity contribution in [3.05, 3.63) is 29.3 Å². The van der Waals surface area contributed by atoms with Crippen molar-refractivity contribution in [2.24, 2.45) is 0 Å². The van der Waals surface area contributed by atoms with E-state index in [-0.39, 0.29) is 17.9 Å². The van der Waals surface area contributed by atoms with Gasteiger partial charge in [-0.2, -0.15) is 0 Å². The van der Waals surface area contributed by atoms with Gasteiger partial charge in [-0.3, -0.25) is 14.5 Å². The van der Waals surface area contributed by atoms with Crippen LogP contribution >= 0.6 is 11.6 Å². The second-order valence-corrected chi connectivity index (χ2v) is 7.38. The highest BCUT2D eigenvalue weighted by Gasteiger charge is 2.22. The molecule has 0 bridgehead atoms. The maximum Gasteiger partial charge on any atom is 0.234 e. The molecule has 1 N–H and O–H groups in total. The smallest absolute Gasteiger partial charge is 0.234 e. The van der Waals surface area contributed by atoms with Gasteiger partial charge in [0.1, 0.15) is 5.75 Å². The molecular weight excluding hydrogens is 366 g/mol. The van der Waals surface area contributed by atoms with Gasteiger partial charge in [0.25, 0.3) is 0 Å². The Bertz CT molecular complexity index is 601. The molecule has 0 aliphatic carbocycles. The van der Waals surface area contributed by atoms with Crippen LogP contribution in [0.3, 0.4) is 0 Å². The normalized spacial score (nSPS) is 16.0. The van der Waals surface area contributed by atoms with E-state index in [4.69, 9.17) is 16.3 Å². The van der Waals surface area contributed by atoms with Gasteiger partial charge in [0.15, 0.2) is 0 Å². The summed E-state index contributed by atoms with van der Waals surface area (Å²) in [5, 5.41) is 3.65. The average Bonchev–Trinajstić information content (AvgIpc) is 2.66. The molecule has 1 aliphatic heterocycles. The Labute approximate surface area is 166 Å². The predicted molar refractivity (Wildman–Crippen MR) is 107 cm³/mol. The zero-order chi connectivity index (χ0) is 19.6. The highest BCUT2D eigenvalue weighted by atomic mass is 35.5. The quantitative estimate of drug-likeness (QED) is 0.653. The third-order valence-electron chi connectivity index (χ3n) is 4.73. The van der Waals surface area contributed by atoms with Crippen LogP contribution in [0, 0.1) is 0 Å². The summed E-state index contributed by atoms with van der Waals surface area (Å²) in [5.41, 5.74) is 0. The monoisotopic (exact) mass is 395 g/mol. The van der Waals surface area contributed by atoms with Crippen molar-refractivity contribution in [2.75, 3.05) is 39.3 Å². The van der Waals surface area contributed by atoms with Gasteiger partial charge in [-0.15, -0.1) is 0 Å². The Kier molecular flexibility index (Phi) is 8.88. The zero-order valence-electron chi connectivity index (χ0n) is 16.2. The lowest BCUT2D eigenvalue weighted by molar-refractivity contribution is -0.133. The summed E-state index contributed by atoms with van der Waals surface area (Å²) in [6.07, 6.45) is 2.08. The number of rotatable bonds is 9. The lowest BCUT2D eigenvalue weighted by atomic mass is 10.2. The van der Waals surface area contributed by atoms with E-state index in [9.17, 15) is 9.59 Å². The van der Waals surface area contributed by atoms with Crippen molar-refractivity contribution in [1.29, 1.82) is 0 Å². The molecule has 1 fully saturated rings. The van der Waals surface area contributed by atoms with Crippen LogP contribution in [0.15, 0.2) is 24.3 Å². The van der Waals surface area contributed by atoms with E-state index in [1.807, 2.05) is 24.0 Å². The van der Waals surface area contributed by atoms with E-state index >= 15 is 0 Å². The molecule has 6 nitrogen and oxygen atoms in total. The topological polar surface area (TPSA) is 61.9 Å². The Morgan fingerprint density at radius 1 is 1.19 bits per heavy atom. The van der Waals surface area contributed by atoms with Gasteiger partial charge in [0.05, 0.1) is 13.2 Å². The van der Waals surface area contributed by atoms with Gasteiger partial charge in [-0.1, -0.05) is 18.5 Å². The molecule has 0 saturated carbocycles. The molecule has 0 aromatic heterocycles. The Balaban J connectivity index is 1.60. The minimum absolute atomic E-state index is 0.0588. The number of hydrogen-bond acceptors (Lipinski definition) is 4. The Hall–Kier alpha value is -1.79. The molecule has 2 amide bonds. The third kappa shape index (κ3) is 7.77. The molecule has 1 aromatic carbocycles. The van der Waals surface area contributed by atoms with Crippen LogP contribution in [0.5, 0.6) is 5.75 Å². The predicted octanol–water partition coefficient (Wildman–Crippen LogP) is 2.56. The molecule has 0 spiro atoms. The van der Waals surface area contributed by atoms with Gasteiger partial charge in [0.2, 0.25) is 11.8 Å². The number of halogens is 1. The first-order valence-corrected chi connectivity index (χ1v) is 10.0. The molecule has 1 heterocycles. The van der Waals surface area contributed by atoms with Crippen molar-refractivity contribution >= 4 is 23.4 Å². The summed E-state index contributed by atoms with van der Waals surface area (Å²) in [6, 6.07) is 7.41. The van der Waals surface area contributed by atoms with Crippen LogP contribution in [0.25, 0.3) is 0 Å². The number of hydrogen-bond donors (Lipinski definition) is 1. The molecular formula is C20H30ClN3O3. The standard InChI is InChI=1S/C20H30ClN3O3/c1-3-16(2)22-19(25)15-23-10-12-24(13-11-23)20(26)5-4-14-27-18-8-6-17(21)7-9-18/h6-9,16H,3-5,10-15H2,1-2H3,(H,22,25). The Morgan fingerprint density at radius 3 is 2.48 bits per heavy atom. The van der Waals surface area contributed by atoms with Crippen molar-refractivity contribution in [3.63, 3.8) is 0 Å². The highest BCUT2D eigenvalue weighted by Crippen LogP contribution is 2.16. The molecule has 1 atom stereocenters. The number of nitrogens with zero attached hydrogens (tertiary/aromatic N) is 2. The molecule has 27 heavy (non-hydrogen) atoms. The van der Waals surface area contributed by atoms with Gasteiger partial charge in [-0.25, -0.2) is 0 Å². The van der Waals surface area contributed by atoms with Crippen LogP contribution in [0.4, 0.5) is 0 Å². The fourth-order valence-electron chi connectivity index (χ4n) is 2.88. The minimum atomic E-state index is 0.0588. The van der Waals surface area contributed by atoms with E-state index in [1.54, 1.807) is 12.1 Å². The van der Waals surface area contributed by atoms with Crippen molar-refractivity contribution < 1.29 is 14.3 Å². The van der Waals surface area contributed by atoms with Crippen LogP contribution in [-0.2, 0) is 9.59 Å².